The van der Waals surface area contributed by atoms with Crippen molar-refractivity contribution in [1.82, 2.24) is 10.6 Å². The molecule has 0 amide bonds. The minimum Gasteiger partial charge on any atom is -0.493 e. The number of nitrogens with one attached hydrogen (secondary N) is 2. The molecule has 3 N–H and O–H groups in total. The zero-order valence-corrected chi connectivity index (χ0v) is 19.9. The Morgan fingerprint density at radius 1 is 1.25 bits per heavy atom. The lowest BCUT2D eigenvalue weighted by Gasteiger charge is -2.22. The number of guanidine groups is 1. The molecule has 8 heteroatoms. The van der Waals surface area contributed by atoms with Gasteiger partial charge in [0.25, 0.3) is 0 Å². The Labute approximate surface area is 188 Å². The van der Waals surface area contributed by atoms with Crippen molar-refractivity contribution in [2.45, 2.75) is 32.5 Å². The summed E-state index contributed by atoms with van der Waals surface area (Å²) in [5, 5.41) is 21.0. The third-order valence-corrected chi connectivity index (χ3v) is 4.67. The molecule has 1 aromatic carbocycles. The predicted molar refractivity (Wildman–Crippen MR) is 126 cm³/mol. The van der Waals surface area contributed by atoms with E-state index in [0.717, 1.165) is 12.1 Å². The summed E-state index contributed by atoms with van der Waals surface area (Å²) < 4.78 is 11.3. The zero-order chi connectivity index (χ0) is 19.7. The molecular formula is C20H30IN3O3S. The second-order valence-electron chi connectivity index (χ2n) is 6.44. The second kappa shape index (κ2) is 12.1. The quantitative estimate of drug-likeness (QED) is 0.268. The molecule has 0 spiro atoms. The number of nitrogens with zero attached hydrogens (tertiary/aromatic N) is 1. The summed E-state index contributed by atoms with van der Waals surface area (Å²) in [6, 6.07) is 9.49. The molecule has 1 heterocycles. The highest BCUT2D eigenvalue weighted by Gasteiger charge is 2.23. The molecule has 2 aromatic rings. The van der Waals surface area contributed by atoms with Crippen LogP contribution >= 0.6 is 35.3 Å². The van der Waals surface area contributed by atoms with Gasteiger partial charge in [0.15, 0.2) is 17.5 Å². The summed E-state index contributed by atoms with van der Waals surface area (Å²) >= 11 is 1.56. The number of halogens is 1. The molecule has 0 radical (unpaired) electrons. The summed E-state index contributed by atoms with van der Waals surface area (Å²) in [6.07, 6.45) is -0.0949. The number of para-hydroxylation sites is 2. The van der Waals surface area contributed by atoms with Gasteiger partial charge in [-0.25, -0.2) is 4.99 Å². The summed E-state index contributed by atoms with van der Waals surface area (Å²) in [4.78, 5) is 4.52. The Bertz CT molecular complexity index is 723. The fourth-order valence-corrected chi connectivity index (χ4v) is 3.23. The molecular weight excluding hydrogens is 489 g/mol. The Hall–Kier alpha value is -1.52. The highest BCUT2D eigenvalue weighted by Crippen LogP contribution is 2.26. The van der Waals surface area contributed by atoms with Crippen LogP contribution < -0.4 is 20.1 Å². The number of hydrogen-bond donors (Lipinski definition) is 3. The normalized spacial score (nSPS) is 14.4. The van der Waals surface area contributed by atoms with Crippen LogP contribution in [0.4, 0.5) is 0 Å². The molecule has 156 valence electrons. The lowest BCUT2D eigenvalue weighted by Crippen LogP contribution is -2.42. The number of aliphatic hydroxyl groups is 1. The highest BCUT2D eigenvalue weighted by molar-refractivity contribution is 14.0. The van der Waals surface area contributed by atoms with Gasteiger partial charge in [0, 0.05) is 6.54 Å². The van der Waals surface area contributed by atoms with Crippen molar-refractivity contribution in [3.63, 3.8) is 0 Å². The van der Waals surface area contributed by atoms with Gasteiger partial charge in [-0.15, -0.1) is 24.0 Å². The average molecular weight is 519 g/mol. The molecule has 2 unspecified atom stereocenters. The van der Waals surface area contributed by atoms with Crippen LogP contribution in [0.3, 0.4) is 0 Å². The standard InChI is InChI=1S/C20H29N3O3S.HI/c1-5-21-19(23-14-20(3,24)16-10-11-27-13-16)22-12-15(2)26-18-9-7-6-8-17(18)25-4;/h6-11,13,15,24H,5,12,14H2,1-4H3,(H2,21,22,23);1H. The van der Waals surface area contributed by atoms with Crippen molar-refractivity contribution in [3.8, 4) is 11.5 Å². The number of methoxy groups -OCH3 is 1. The van der Waals surface area contributed by atoms with Crippen LogP contribution in [0.1, 0.15) is 26.3 Å². The molecule has 0 saturated heterocycles. The number of ether oxygens (including phenoxy) is 2. The van der Waals surface area contributed by atoms with E-state index in [1.54, 1.807) is 25.4 Å². The van der Waals surface area contributed by atoms with E-state index < -0.39 is 5.60 Å². The van der Waals surface area contributed by atoms with E-state index in [-0.39, 0.29) is 36.6 Å². The number of thiophene rings is 1. The number of aliphatic imine (C=N–C) groups is 1. The van der Waals surface area contributed by atoms with Crippen LogP contribution in [-0.2, 0) is 5.60 Å². The third kappa shape index (κ3) is 7.48. The molecule has 0 aliphatic carbocycles. The Morgan fingerprint density at radius 3 is 2.57 bits per heavy atom. The van der Waals surface area contributed by atoms with E-state index in [9.17, 15) is 5.11 Å². The van der Waals surface area contributed by atoms with Gasteiger partial charge in [0.2, 0.25) is 0 Å². The first-order valence-electron chi connectivity index (χ1n) is 9.03. The second-order valence-corrected chi connectivity index (χ2v) is 7.22. The van der Waals surface area contributed by atoms with Gasteiger partial charge in [-0.2, -0.15) is 11.3 Å². The van der Waals surface area contributed by atoms with E-state index in [4.69, 9.17) is 9.47 Å². The lowest BCUT2D eigenvalue weighted by atomic mass is 10.00. The number of benzene rings is 1. The number of hydrogen-bond acceptors (Lipinski definition) is 5. The minimum atomic E-state index is -0.998. The molecule has 0 aliphatic rings. The van der Waals surface area contributed by atoms with Crippen molar-refractivity contribution in [2.75, 3.05) is 26.7 Å². The van der Waals surface area contributed by atoms with Crippen LogP contribution in [0.2, 0.25) is 0 Å². The van der Waals surface area contributed by atoms with Crippen molar-refractivity contribution in [3.05, 3.63) is 46.7 Å². The first-order chi connectivity index (χ1) is 13.0. The fraction of sp³-hybridized carbons (Fsp3) is 0.450. The lowest BCUT2D eigenvalue weighted by molar-refractivity contribution is 0.0677. The Kier molecular flexibility index (Phi) is 10.6. The monoisotopic (exact) mass is 519 g/mol. The molecule has 0 bridgehead atoms. The molecule has 28 heavy (non-hydrogen) atoms. The Morgan fingerprint density at radius 2 is 1.96 bits per heavy atom. The van der Waals surface area contributed by atoms with Crippen molar-refractivity contribution in [2.24, 2.45) is 4.99 Å². The summed E-state index contributed by atoms with van der Waals surface area (Å²) in [7, 11) is 1.63. The van der Waals surface area contributed by atoms with E-state index in [1.165, 1.54) is 0 Å². The predicted octanol–water partition coefficient (Wildman–Crippen LogP) is 3.60. The van der Waals surface area contributed by atoms with Gasteiger partial charge in [0.05, 0.1) is 20.2 Å². The van der Waals surface area contributed by atoms with Gasteiger partial charge in [-0.3, -0.25) is 0 Å². The van der Waals surface area contributed by atoms with E-state index in [1.807, 2.05) is 54.9 Å². The van der Waals surface area contributed by atoms with Gasteiger partial charge >= 0.3 is 0 Å². The molecule has 2 rings (SSSR count). The molecule has 0 saturated carbocycles. The molecule has 6 nitrogen and oxygen atoms in total. The first kappa shape index (κ1) is 24.5. The third-order valence-electron chi connectivity index (χ3n) is 3.99. The van der Waals surface area contributed by atoms with Gasteiger partial charge < -0.3 is 25.2 Å². The number of rotatable bonds is 9. The van der Waals surface area contributed by atoms with Crippen LogP contribution in [-0.4, -0.2) is 43.9 Å². The molecule has 0 fully saturated rings. The zero-order valence-electron chi connectivity index (χ0n) is 16.8. The van der Waals surface area contributed by atoms with Gasteiger partial charge in [0.1, 0.15) is 11.7 Å². The maximum absolute atomic E-state index is 10.6. The summed E-state index contributed by atoms with van der Waals surface area (Å²) in [6.45, 7) is 7.31. The minimum absolute atomic E-state index is 0. The SMILES string of the molecule is CCNC(=NCC(C)(O)c1ccsc1)NCC(C)Oc1ccccc1OC.I. The fourth-order valence-electron chi connectivity index (χ4n) is 2.45. The average Bonchev–Trinajstić information content (AvgIpc) is 3.20. The summed E-state index contributed by atoms with van der Waals surface area (Å²) in [5.41, 5.74) is -0.123. The maximum Gasteiger partial charge on any atom is 0.191 e. The van der Waals surface area contributed by atoms with E-state index in [2.05, 4.69) is 15.6 Å². The largest absolute Gasteiger partial charge is 0.493 e. The summed E-state index contributed by atoms with van der Waals surface area (Å²) in [5.74, 6) is 2.05. The molecule has 1 aromatic heterocycles. The van der Waals surface area contributed by atoms with Crippen LogP contribution in [0.15, 0.2) is 46.1 Å². The molecule has 0 aliphatic heterocycles. The van der Waals surface area contributed by atoms with Crippen LogP contribution in [0.5, 0.6) is 11.5 Å². The van der Waals surface area contributed by atoms with E-state index in [0.29, 0.717) is 24.0 Å². The van der Waals surface area contributed by atoms with Crippen molar-refractivity contribution in [1.29, 1.82) is 0 Å². The smallest absolute Gasteiger partial charge is 0.191 e. The first-order valence-corrected chi connectivity index (χ1v) is 9.97. The van der Waals surface area contributed by atoms with Gasteiger partial charge in [-0.05, 0) is 55.3 Å². The highest BCUT2D eigenvalue weighted by atomic mass is 127. The van der Waals surface area contributed by atoms with Crippen molar-refractivity contribution >= 4 is 41.3 Å². The maximum atomic E-state index is 10.6. The van der Waals surface area contributed by atoms with Crippen LogP contribution in [0, 0.1) is 0 Å². The van der Waals surface area contributed by atoms with E-state index >= 15 is 0 Å². The van der Waals surface area contributed by atoms with Crippen LogP contribution in [0.25, 0.3) is 0 Å². The Balaban J connectivity index is 0.00000392. The van der Waals surface area contributed by atoms with Gasteiger partial charge in [-0.1, -0.05) is 12.1 Å². The van der Waals surface area contributed by atoms with Crippen molar-refractivity contribution < 1.29 is 14.6 Å². The topological polar surface area (TPSA) is 75.1 Å². The molecule has 2 atom stereocenters.